The van der Waals surface area contributed by atoms with Crippen molar-refractivity contribution in [1.29, 1.82) is 0 Å². The minimum absolute atomic E-state index is 0.239. The summed E-state index contributed by atoms with van der Waals surface area (Å²) in [6.45, 7) is 1.38. The molecule has 0 fully saturated rings. The summed E-state index contributed by atoms with van der Waals surface area (Å²) in [4.78, 5) is 4.49. The Balaban J connectivity index is 1.71. The molecule has 1 aromatic heterocycles. The van der Waals surface area contributed by atoms with Crippen molar-refractivity contribution >= 4 is 16.7 Å². The average molecular weight is 291 g/mol. The van der Waals surface area contributed by atoms with Gasteiger partial charge in [-0.15, -0.1) is 0 Å². The van der Waals surface area contributed by atoms with Crippen LogP contribution in [0.1, 0.15) is 23.9 Å². The van der Waals surface area contributed by atoms with E-state index in [-0.39, 0.29) is 6.04 Å². The highest BCUT2D eigenvalue weighted by Gasteiger charge is 2.21. The molecule has 0 saturated heterocycles. The summed E-state index contributed by atoms with van der Waals surface area (Å²) in [7, 11) is 1.69. The van der Waals surface area contributed by atoms with Crippen molar-refractivity contribution in [3.8, 4) is 5.75 Å². The van der Waals surface area contributed by atoms with Crippen LogP contribution >= 0.6 is 11.5 Å². The van der Waals surface area contributed by atoms with Crippen LogP contribution in [0.25, 0.3) is 0 Å². The predicted octanol–water partition coefficient (Wildman–Crippen LogP) is 2.66. The molecule has 1 unspecified atom stereocenters. The van der Waals surface area contributed by atoms with E-state index in [2.05, 4.69) is 20.7 Å². The van der Waals surface area contributed by atoms with Gasteiger partial charge in [0.15, 0.2) is 0 Å². The Morgan fingerprint density at radius 2 is 2.35 bits per heavy atom. The predicted molar refractivity (Wildman–Crippen MR) is 78.4 cm³/mol. The SMILES string of the molecule is COCCc1nsc(NC2CCOc3ccccc32)n1. The number of anilines is 1. The lowest BCUT2D eigenvalue weighted by Gasteiger charge is -2.26. The van der Waals surface area contributed by atoms with Gasteiger partial charge in [-0.2, -0.15) is 4.37 Å². The Morgan fingerprint density at radius 1 is 1.45 bits per heavy atom. The highest BCUT2D eigenvalue weighted by Crippen LogP contribution is 2.34. The van der Waals surface area contributed by atoms with E-state index in [1.54, 1.807) is 7.11 Å². The van der Waals surface area contributed by atoms with Crippen LogP contribution in [0.15, 0.2) is 24.3 Å². The van der Waals surface area contributed by atoms with Crippen molar-refractivity contribution in [1.82, 2.24) is 9.36 Å². The third kappa shape index (κ3) is 2.91. The standard InChI is InChI=1S/C14H17N3O2S/c1-18-8-7-13-16-14(20-17-13)15-11-6-9-19-12-5-3-2-4-10(11)12/h2-5,11H,6-9H2,1H3,(H,15,16,17). The summed E-state index contributed by atoms with van der Waals surface area (Å²) in [6, 6.07) is 8.37. The van der Waals surface area contributed by atoms with E-state index in [4.69, 9.17) is 9.47 Å². The molecule has 1 aliphatic heterocycles. The fourth-order valence-electron chi connectivity index (χ4n) is 2.25. The smallest absolute Gasteiger partial charge is 0.203 e. The second kappa shape index (κ2) is 6.19. The zero-order valence-corrected chi connectivity index (χ0v) is 12.2. The minimum atomic E-state index is 0.239. The summed E-state index contributed by atoms with van der Waals surface area (Å²) >= 11 is 1.40. The number of fused-ring (bicyclic) bond motifs is 1. The maximum atomic E-state index is 5.66. The van der Waals surface area contributed by atoms with Gasteiger partial charge in [0.05, 0.1) is 19.3 Å². The molecule has 20 heavy (non-hydrogen) atoms. The van der Waals surface area contributed by atoms with Crippen LogP contribution in [0, 0.1) is 0 Å². The first-order valence-electron chi connectivity index (χ1n) is 6.66. The van der Waals surface area contributed by atoms with Gasteiger partial charge in [-0.05, 0) is 6.07 Å². The van der Waals surface area contributed by atoms with E-state index in [0.717, 1.165) is 36.2 Å². The number of para-hydroxylation sites is 1. The molecule has 2 heterocycles. The average Bonchev–Trinajstić information content (AvgIpc) is 2.93. The maximum Gasteiger partial charge on any atom is 0.203 e. The normalized spacial score (nSPS) is 17.4. The van der Waals surface area contributed by atoms with Crippen molar-refractivity contribution < 1.29 is 9.47 Å². The lowest BCUT2D eigenvalue weighted by Crippen LogP contribution is -2.20. The number of rotatable bonds is 5. The number of benzene rings is 1. The van der Waals surface area contributed by atoms with Gasteiger partial charge in [0.2, 0.25) is 5.13 Å². The molecular formula is C14H17N3O2S. The highest BCUT2D eigenvalue weighted by molar-refractivity contribution is 7.09. The van der Waals surface area contributed by atoms with Crippen LogP contribution in [-0.4, -0.2) is 29.7 Å². The summed E-state index contributed by atoms with van der Waals surface area (Å²) in [5, 5.41) is 4.32. The van der Waals surface area contributed by atoms with Crippen LogP contribution in [-0.2, 0) is 11.2 Å². The Labute approximate surface area is 122 Å². The van der Waals surface area contributed by atoms with Crippen LogP contribution < -0.4 is 10.1 Å². The Hall–Kier alpha value is -1.66. The molecule has 1 aliphatic rings. The van der Waals surface area contributed by atoms with Gasteiger partial charge >= 0.3 is 0 Å². The first-order chi connectivity index (χ1) is 9.86. The quantitative estimate of drug-likeness (QED) is 0.918. The van der Waals surface area contributed by atoms with Gasteiger partial charge in [-0.25, -0.2) is 4.98 Å². The first kappa shape index (κ1) is 13.3. The van der Waals surface area contributed by atoms with Crippen molar-refractivity contribution in [2.75, 3.05) is 25.6 Å². The molecule has 3 rings (SSSR count). The molecule has 1 atom stereocenters. The second-order valence-corrected chi connectivity index (χ2v) is 5.38. The zero-order chi connectivity index (χ0) is 13.8. The number of ether oxygens (including phenoxy) is 2. The van der Waals surface area contributed by atoms with Gasteiger partial charge in [0.1, 0.15) is 11.6 Å². The summed E-state index contributed by atoms with van der Waals surface area (Å²) in [5.41, 5.74) is 1.19. The molecule has 0 radical (unpaired) electrons. The summed E-state index contributed by atoms with van der Waals surface area (Å²) in [6.07, 6.45) is 1.68. The Kier molecular flexibility index (Phi) is 4.13. The van der Waals surface area contributed by atoms with E-state index in [9.17, 15) is 0 Å². The van der Waals surface area contributed by atoms with Crippen LogP contribution in [0.3, 0.4) is 0 Å². The van der Waals surface area contributed by atoms with E-state index in [1.807, 2.05) is 18.2 Å². The van der Waals surface area contributed by atoms with Crippen LogP contribution in [0.5, 0.6) is 5.75 Å². The highest BCUT2D eigenvalue weighted by atomic mass is 32.1. The third-order valence-electron chi connectivity index (χ3n) is 3.25. The number of hydrogen-bond acceptors (Lipinski definition) is 6. The molecule has 6 heteroatoms. The van der Waals surface area contributed by atoms with Gasteiger partial charge in [0.25, 0.3) is 0 Å². The molecule has 1 N–H and O–H groups in total. The zero-order valence-electron chi connectivity index (χ0n) is 11.3. The molecule has 0 amide bonds. The molecule has 0 spiro atoms. The molecule has 1 aromatic carbocycles. The minimum Gasteiger partial charge on any atom is -0.493 e. The van der Waals surface area contributed by atoms with E-state index in [1.165, 1.54) is 17.1 Å². The second-order valence-electron chi connectivity index (χ2n) is 4.63. The maximum absolute atomic E-state index is 5.66. The van der Waals surface area contributed by atoms with Crippen molar-refractivity contribution in [3.63, 3.8) is 0 Å². The van der Waals surface area contributed by atoms with Gasteiger partial charge in [0, 0.05) is 37.0 Å². The number of hydrogen-bond donors (Lipinski definition) is 1. The Bertz CT molecular complexity index is 573. The topological polar surface area (TPSA) is 56.3 Å². The van der Waals surface area contributed by atoms with Crippen LogP contribution in [0.4, 0.5) is 5.13 Å². The van der Waals surface area contributed by atoms with E-state index >= 15 is 0 Å². The molecule has 0 aliphatic carbocycles. The fourth-order valence-corrected chi connectivity index (χ4v) is 2.91. The molecule has 5 nitrogen and oxygen atoms in total. The largest absolute Gasteiger partial charge is 0.493 e. The monoisotopic (exact) mass is 291 g/mol. The molecule has 0 saturated carbocycles. The summed E-state index contributed by atoms with van der Waals surface area (Å²) in [5.74, 6) is 1.79. The van der Waals surface area contributed by atoms with Crippen molar-refractivity contribution in [2.24, 2.45) is 0 Å². The molecule has 106 valence electrons. The number of aromatic nitrogens is 2. The van der Waals surface area contributed by atoms with Gasteiger partial charge in [-0.3, -0.25) is 0 Å². The fraction of sp³-hybridized carbons (Fsp3) is 0.429. The van der Waals surface area contributed by atoms with Crippen molar-refractivity contribution in [2.45, 2.75) is 18.9 Å². The molecule has 0 bridgehead atoms. The number of methoxy groups -OCH3 is 1. The Morgan fingerprint density at radius 3 is 3.25 bits per heavy atom. The van der Waals surface area contributed by atoms with E-state index in [0.29, 0.717) is 6.61 Å². The van der Waals surface area contributed by atoms with Crippen molar-refractivity contribution in [3.05, 3.63) is 35.7 Å². The molecular weight excluding hydrogens is 274 g/mol. The molecule has 2 aromatic rings. The van der Waals surface area contributed by atoms with Gasteiger partial charge in [-0.1, -0.05) is 18.2 Å². The summed E-state index contributed by atoms with van der Waals surface area (Å²) < 4.78 is 15.0. The number of nitrogens with one attached hydrogen (secondary N) is 1. The third-order valence-corrected chi connectivity index (χ3v) is 3.94. The van der Waals surface area contributed by atoms with Crippen LogP contribution in [0.2, 0.25) is 0 Å². The lowest BCUT2D eigenvalue weighted by molar-refractivity contribution is 0.201. The number of nitrogens with zero attached hydrogens (tertiary/aromatic N) is 2. The first-order valence-corrected chi connectivity index (χ1v) is 7.44. The lowest BCUT2D eigenvalue weighted by atomic mass is 10.0. The van der Waals surface area contributed by atoms with E-state index < -0.39 is 0 Å². The van der Waals surface area contributed by atoms with Gasteiger partial charge < -0.3 is 14.8 Å².